The molecule has 0 aliphatic heterocycles. The fourth-order valence-corrected chi connectivity index (χ4v) is 6.17. The lowest BCUT2D eigenvalue weighted by Gasteiger charge is -2.06. The Morgan fingerprint density at radius 1 is 1.15 bits per heavy atom. The van der Waals surface area contributed by atoms with Crippen molar-refractivity contribution in [3.05, 3.63) is 68.4 Å². The average Bonchev–Trinajstić information content (AvgIpc) is 3.52. The number of nitrogens with zero attached hydrogens (tertiary/aromatic N) is 2. The molecule has 1 aromatic carbocycles. The Labute approximate surface area is 206 Å². The Kier molecular flexibility index (Phi) is 6.60. The maximum absolute atomic E-state index is 13.4. The summed E-state index contributed by atoms with van der Waals surface area (Å²) in [6.45, 7) is 1.28. The summed E-state index contributed by atoms with van der Waals surface area (Å²) in [5.74, 6) is -1.36. The van der Waals surface area contributed by atoms with Crippen molar-refractivity contribution in [1.82, 2.24) is 9.97 Å². The normalized spacial score (nSPS) is 14.3. The number of fused-ring (bicyclic) bond motifs is 1. The number of thiophene rings is 2. The molecule has 0 aliphatic rings. The molecule has 3 heterocycles. The van der Waals surface area contributed by atoms with Crippen molar-refractivity contribution in [1.29, 1.82) is 0 Å². The number of halogens is 1. The Morgan fingerprint density at radius 3 is 2.50 bits per heavy atom. The van der Waals surface area contributed by atoms with Crippen molar-refractivity contribution in [2.45, 2.75) is 17.2 Å². The van der Waals surface area contributed by atoms with E-state index >= 15 is 0 Å². The third-order valence-electron chi connectivity index (χ3n) is 4.61. The number of aromatic nitrogens is 2. The van der Waals surface area contributed by atoms with Crippen LogP contribution < -0.4 is 5.73 Å². The molecule has 5 N–H and O–H groups in total. The zero-order chi connectivity index (χ0) is 24.6. The second-order valence-corrected chi connectivity index (χ2v) is 11.7. The minimum atomic E-state index is -4.23. The van der Waals surface area contributed by atoms with Gasteiger partial charge in [-0.2, -0.15) is 8.42 Å². The first kappa shape index (κ1) is 24.1. The predicted molar refractivity (Wildman–Crippen MR) is 134 cm³/mol. The summed E-state index contributed by atoms with van der Waals surface area (Å²) in [5, 5.41) is 20.6. The highest BCUT2D eigenvalue weighted by Gasteiger charge is 2.27. The number of aliphatic hydroxyl groups excluding tert-OH is 2. The zero-order valence-electron chi connectivity index (χ0n) is 17.4. The van der Waals surface area contributed by atoms with Crippen LogP contribution in [0.4, 0.5) is 0 Å². The van der Waals surface area contributed by atoms with Crippen LogP contribution in [0.2, 0.25) is 4.34 Å². The number of benzene rings is 1. The number of aliphatic hydroxyl groups is 2. The number of carbonyl (C=O) groups is 1. The monoisotopic (exact) mass is 536 g/mol. The van der Waals surface area contributed by atoms with Gasteiger partial charge in [0.2, 0.25) is 5.78 Å². The van der Waals surface area contributed by atoms with E-state index in [1.54, 1.807) is 30.3 Å². The van der Waals surface area contributed by atoms with E-state index in [-0.39, 0.29) is 25.4 Å². The van der Waals surface area contributed by atoms with Crippen LogP contribution in [0, 0.1) is 0 Å². The molecule has 0 bridgehead atoms. The lowest BCUT2D eigenvalue weighted by Crippen LogP contribution is -2.26. The summed E-state index contributed by atoms with van der Waals surface area (Å²) in [7, 11) is -4.23. The van der Waals surface area contributed by atoms with E-state index in [4.69, 9.17) is 17.3 Å². The van der Waals surface area contributed by atoms with Crippen molar-refractivity contribution in [2.24, 2.45) is 10.1 Å². The van der Waals surface area contributed by atoms with Crippen LogP contribution in [0.3, 0.4) is 0 Å². The number of para-hydroxylation sites is 2. The van der Waals surface area contributed by atoms with Gasteiger partial charge in [-0.05, 0) is 43.3 Å². The van der Waals surface area contributed by atoms with Crippen molar-refractivity contribution in [2.75, 3.05) is 0 Å². The number of hydrogen-bond donors (Lipinski definition) is 4. The number of Topliss-reactive ketones (excluding diaryl/α,β-unsaturated/α-hetero) is 1. The van der Waals surface area contributed by atoms with Gasteiger partial charge in [-0.3, -0.25) is 4.79 Å². The fraction of sp³-hybridized carbons (Fsp3) is 0.0952. The van der Waals surface area contributed by atoms with E-state index in [1.165, 1.54) is 25.1 Å². The number of H-pyrrole nitrogens is 1. The molecule has 0 radical (unpaired) electrons. The first-order chi connectivity index (χ1) is 16.1. The molecule has 1 atom stereocenters. The van der Waals surface area contributed by atoms with Crippen molar-refractivity contribution >= 4 is 78.3 Å². The Bertz CT molecular complexity index is 1530. The molecule has 0 unspecified atom stereocenters. The quantitative estimate of drug-likeness (QED) is 0.0910. The lowest BCUT2D eigenvalue weighted by atomic mass is 10.1. The number of allylic oxidation sites excluding steroid dienone is 1. The zero-order valence-corrected chi connectivity index (χ0v) is 20.6. The average molecular weight is 537 g/mol. The number of imidazole rings is 1. The maximum Gasteiger partial charge on any atom is 0.293 e. The van der Waals surface area contributed by atoms with Crippen LogP contribution in [0.5, 0.6) is 0 Å². The summed E-state index contributed by atoms with van der Waals surface area (Å²) < 4.78 is 28.6. The lowest BCUT2D eigenvalue weighted by molar-refractivity contribution is 0.105. The van der Waals surface area contributed by atoms with Crippen molar-refractivity contribution in [3.8, 4) is 0 Å². The van der Waals surface area contributed by atoms with Gasteiger partial charge in [0.1, 0.15) is 33.3 Å². The van der Waals surface area contributed by atoms with Gasteiger partial charge in [-0.25, -0.2) is 4.98 Å². The van der Waals surface area contributed by atoms with Gasteiger partial charge in [0.25, 0.3) is 10.0 Å². The fourth-order valence-electron chi connectivity index (χ4n) is 2.93. The molecule has 0 saturated heterocycles. The third-order valence-corrected chi connectivity index (χ3v) is 8.70. The molecule has 0 amide bonds. The number of hydrogen-bond acceptors (Lipinski definition) is 8. The Balaban J connectivity index is 1.85. The predicted octanol–water partition coefficient (Wildman–Crippen LogP) is 4.08. The van der Waals surface area contributed by atoms with Crippen molar-refractivity contribution in [3.63, 3.8) is 0 Å². The molecule has 4 rings (SSSR count). The number of aromatic amines is 1. The Hall–Kier alpha value is -3.03. The molecular formula is C21H17ClN4O5S3. The molecule has 4 aromatic rings. The minimum Gasteiger partial charge on any atom is -0.506 e. The van der Waals surface area contributed by atoms with Crippen LogP contribution in [0.25, 0.3) is 22.4 Å². The highest BCUT2D eigenvalue weighted by molar-refractivity contribution is 7.92. The highest BCUT2D eigenvalue weighted by atomic mass is 35.5. The van der Waals surface area contributed by atoms with Crippen LogP contribution in [-0.4, -0.2) is 46.3 Å². The van der Waals surface area contributed by atoms with Gasteiger partial charge in [0, 0.05) is 0 Å². The van der Waals surface area contributed by atoms with Gasteiger partial charge in [0.15, 0.2) is 0 Å². The van der Waals surface area contributed by atoms with Crippen molar-refractivity contribution < 1.29 is 23.4 Å². The summed E-state index contributed by atoms with van der Waals surface area (Å²) in [6, 6.07) is 12.8. The second kappa shape index (κ2) is 9.31. The number of ketones is 1. The van der Waals surface area contributed by atoms with Crippen LogP contribution in [0.1, 0.15) is 27.3 Å². The van der Waals surface area contributed by atoms with Crippen LogP contribution in [0.15, 0.2) is 57.1 Å². The largest absolute Gasteiger partial charge is 0.506 e. The maximum atomic E-state index is 13.4. The van der Waals surface area contributed by atoms with Gasteiger partial charge < -0.3 is 20.9 Å². The number of nitrogens with one attached hydrogen (secondary N) is 1. The smallest absolute Gasteiger partial charge is 0.293 e. The van der Waals surface area contributed by atoms with E-state index < -0.39 is 33.5 Å². The van der Waals surface area contributed by atoms with Gasteiger partial charge in [-0.1, -0.05) is 23.7 Å². The first-order valence-corrected chi connectivity index (χ1v) is 13.1. The second-order valence-electron chi connectivity index (χ2n) is 7.04. The molecule has 0 saturated carbocycles. The molecule has 0 aliphatic carbocycles. The molecule has 0 spiro atoms. The molecule has 13 heteroatoms. The standard InChI is InChI=1S/C21H17ClN4O5S3/c1-10(27)20(23)26-34(30,31)16-9-7-14(33-16)19(29)17(18(28)13-6-8-15(22)32-13)21-24-11-4-2-3-5-12(11)25-21/h2-10,27,29H,1H3,(H2,23,26)(H,24,25)/t10-/m1/s1. The van der Waals surface area contributed by atoms with Gasteiger partial charge >= 0.3 is 0 Å². The van der Waals surface area contributed by atoms with Crippen LogP contribution >= 0.6 is 34.3 Å². The molecule has 176 valence electrons. The number of nitrogens with two attached hydrogens (primary N) is 1. The van der Waals surface area contributed by atoms with Gasteiger partial charge in [-0.15, -0.1) is 27.1 Å². The van der Waals surface area contributed by atoms with E-state index in [0.717, 1.165) is 11.3 Å². The van der Waals surface area contributed by atoms with Crippen LogP contribution in [-0.2, 0) is 10.0 Å². The molecule has 34 heavy (non-hydrogen) atoms. The number of carbonyl (C=O) groups excluding carboxylic acids is 1. The van der Waals surface area contributed by atoms with E-state index in [1.807, 2.05) is 0 Å². The van der Waals surface area contributed by atoms with E-state index in [9.17, 15) is 23.4 Å². The first-order valence-electron chi connectivity index (χ1n) is 9.64. The summed E-state index contributed by atoms with van der Waals surface area (Å²) in [4.78, 5) is 21.2. The summed E-state index contributed by atoms with van der Waals surface area (Å²) in [5.41, 5.74) is 6.56. The molecule has 3 aromatic heterocycles. The number of rotatable bonds is 7. The van der Waals surface area contributed by atoms with E-state index in [2.05, 4.69) is 14.4 Å². The topological polar surface area (TPSA) is 159 Å². The van der Waals surface area contributed by atoms with Gasteiger partial charge in [0.05, 0.1) is 25.1 Å². The highest BCUT2D eigenvalue weighted by Crippen LogP contribution is 2.35. The number of sulfonamides is 1. The summed E-state index contributed by atoms with van der Waals surface area (Å²) >= 11 is 7.72. The minimum absolute atomic E-state index is 0.0934. The molecule has 0 fully saturated rings. The van der Waals surface area contributed by atoms with E-state index in [0.29, 0.717) is 26.7 Å². The third kappa shape index (κ3) is 4.76. The Morgan fingerprint density at radius 2 is 1.85 bits per heavy atom. The molecular weight excluding hydrogens is 520 g/mol. The number of amidine groups is 1. The summed E-state index contributed by atoms with van der Waals surface area (Å²) in [6.07, 6.45) is -1.25. The molecule has 9 nitrogen and oxygen atoms in total. The SMILES string of the molecule is C[C@@H](O)C(N)=NS(=O)(=O)c1ccc(C(O)=C(C(=O)c2ccc(Cl)s2)c2nc3ccccc3[nH]2)s1.